The molecule has 49 heavy (non-hydrogen) atoms. The van der Waals surface area contributed by atoms with E-state index >= 15 is 0 Å². The normalized spacial score (nSPS) is 20.3. The number of carbonyl (C=O) groups excluding carboxylic acids is 2. The van der Waals surface area contributed by atoms with Gasteiger partial charge in [0.15, 0.2) is 5.82 Å². The first-order valence-corrected chi connectivity index (χ1v) is 17.1. The smallest absolute Gasteiger partial charge is 0.270 e. The van der Waals surface area contributed by atoms with E-state index in [0.717, 1.165) is 71.6 Å². The van der Waals surface area contributed by atoms with Crippen LogP contribution in [0.2, 0.25) is 5.15 Å². The number of likely N-dealkylation sites (tertiary alicyclic amines) is 1. The van der Waals surface area contributed by atoms with Gasteiger partial charge in [0.25, 0.3) is 11.8 Å². The molecule has 3 N–H and O–H groups in total. The number of amides is 2. The number of nitrogens with zero attached hydrogens (tertiary/aromatic N) is 6. The van der Waals surface area contributed by atoms with Gasteiger partial charge in [-0.05, 0) is 74.6 Å². The second kappa shape index (κ2) is 13.4. The van der Waals surface area contributed by atoms with Gasteiger partial charge in [0.1, 0.15) is 27.8 Å². The van der Waals surface area contributed by atoms with Crippen LogP contribution in [0.1, 0.15) is 70.8 Å². The van der Waals surface area contributed by atoms with Gasteiger partial charge < -0.3 is 34.6 Å². The summed E-state index contributed by atoms with van der Waals surface area (Å²) >= 11 is 6.18. The number of aryl methyl sites for hydroxylation is 3. The average Bonchev–Trinajstić information content (AvgIpc) is 3.63. The number of rotatable bonds is 4. The van der Waals surface area contributed by atoms with E-state index in [0.29, 0.717) is 47.2 Å². The zero-order valence-corrected chi connectivity index (χ0v) is 29.0. The van der Waals surface area contributed by atoms with E-state index in [-0.39, 0.29) is 30.0 Å². The topological polar surface area (TPSA) is 142 Å². The molecular weight excluding hydrogens is 644 g/mol. The van der Waals surface area contributed by atoms with Gasteiger partial charge in [-0.25, -0.2) is 15.0 Å². The lowest BCUT2D eigenvalue weighted by atomic mass is 10.0. The predicted octanol–water partition coefficient (Wildman–Crippen LogP) is 5.05. The summed E-state index contributed by atoms with van der Waals surface area (Å²) < 4.78 is 15.6. The van der Waals surface area contributed by atoms with E-state index in [9.17, 15) is 9.59 Å². The Morgan fingerprint density at radius 2 is 1.88 bits per heavy atom. The van der Waals surface area contributed by atoms with Gasteiger partial charge in [-0.1, -0.05) is 24.1 Å². The first-order chi connectivity index (χ1) is 23.7. The quantitative estimate of drug-likeness (QED) is 0.251. The van der Waals surface area contributed by atoms with E-state index in [4.69, 9.17) is 36.8 Å². The third kappa shape index (κ3) is 6.13. The summed E-state index contributed by atoms with van der Waals surface area (Å²) in [6.45, 7) is 3.62. The summed E-state index contributed by atoms with van der Waals surface area (Å²) in [5, 5.41) is 4.34. The summed E-state index contributed by atoms with van der Waals surface area (Å²) in [6.07, 6.45) is 4.06. The molecule has 3 atom stereocenters. The molecule has 6 heterocycles. The fourth-order valence-electron chi connectivity index (χ4n) is 7.20. The number of imidazole rings is 1. The van der Waals surface area contributed by atoms with E-state index in [1.54, 1.807) is 31.3 Å². The maximum Gasteiger partial charge on any atom is 0.270 e. The molecule has 0 saturated carbocycles. The highest BCUT2D eigenvalue weighted by Crippen LogP contribution is 2.35. The molecule has 1 fully saturated rings. The van der Waals surface area contributed by atoms with Crippen molar-refractivity contribution < 1.29 is 19.1 Å². The molecule has 7 rings (SSSR count). The van der Waals surface area contributed by atoms with Crippen molar-refractivity contribution in [2.24, 2.45) is 12.8 Å². The van der Waals surface area contributed by atoms with Crippen LogP contribution in [0.15, 0.2) is 42.5 Å². The minimum atomic E-state index is -0.369. The molecule has 4 aromatic heterocycles. The molecule has 256 valence electrons. The lowest BCUT2D eigenvalue weighted by Crippen LogP contribution is -2.53. The number of nitrogens with one attached hydrogen (secondary N) is 1. The number of pyridine rings is 2. The van der Waals surface area contributed by atoms with Gasteiger partial charge in [0, 0.05) is 50.8 Å². The first-order valence-electron chi connectivity index (χ1n) is 16.8. The lowest BCUT2D eigenvalue weighted by molar-refractivity contribution is 0.0227. The van der Waals surface area contributed by atoms with Crippen LogP contribution in [-0.4, -0.2) is 80.3 Å². The fraction of sp³-hybridized carbons (Fsp3) is 0.417. The number of benzene rings is 1. The van der Waals surface area contributed by atoms with Crippen molar-refractivity contribution in [2.75, 3.05) is 27.3 Å². The number of carbonyl (C=O) groups is 2. The second-order valence-corrected chi connectivity index (χ2v) is 13.4. The first kappa shape index (κ1) is 33.0. The van der Waals surface area contributed by atoms with Crippen molar-refractivity contribution in [3.05, 3.63) is 70.1 Å². The Morgan fingerprint density at radius 3 is 2.65 bits per heavy atom. The Morgan fingerprint density at radius 1 is 1.04 bits per heavy atom. The zero-order chi connectivity index (χ0) is 34.4. The molecule has 2 aliphatic heterocycles. The largest absolute Gasteiger partial charge is 0.494 e. The third-order valence-electron chi connectivity index (χ3n) is 9.86. The van der Waals surface area contributed by atoms with Crippen LogP contribution in [-0.2, 0) is 24.8 Å². The highest BCUT2D eigenvalue weighted by Gasteiger charge is 2.31. The van der Waals surface area contributed by atoms with Crippen LogP contribution in [0.5, 0.6) is 5.75 Å². The summed E-state index contributed by atoms with van der Waals surface area (Å²) in [7, 11) is 5.23. The van der Waals surface area contributed by atoms with E-state index in [1.165, 1.54) is 0 Å². The molecule has 1 saturated heterocycles. The summed E-state index contributed by atoms with van der Waals surface area (Å²) in [5.41, 5.74) is 12.0. The summed E-state index contributed by atoms with van der Waals surface area (Å²) in [4.78, 5) is 43.4. The molecule has 2 amide bonds. The molecular formula is C36H41ClN8O4. The minimum absolute atomic E-state index is 0.0656. The number of ether oxygens (including phenoxy) is 2. The number of aromatic nitrogens is 5. The van der Waals surface area contributed by atoms with Gasteiger partial charge in [0.05, 0.1) is 36.2 Å². The van der Waals surface area contributed by atoms with Crippen molar-refractivity contribution in [1.82, 2.24) is 34.3 Å². The molecule has 0 spiro atoms. The maximum atomic E-state index is 13.7. The lowest BCUT2D eigenvalue weighted by Gasteiger charge is -2.36. The fourth-order valence-corrected chi connectivity index (χ4v) is 7.34. The van der Waals surface area contributed by atoms with Gasteiger partial charge in [-0.3, -0.25) is 9.59 Å². The van der Waals surface area contributed by atoms with Crippen LogP contribution in [0, 0.1) is 0 Å². The molecule has 0 unspecified atom stereocenters. The number of hydrogen-bond donors (Lipinski definition) is 2. The van der Waals surface area contributed by atoms with E-state index in [2.05, 4.69) is 20.9 Å². The van der Waals surface area contributed by atoms with Crippen molar-refractivity contribution in [1.29, 1.82) is 0 Å². The van der Waals surface area contributed by atoms with Gasteiger partial charge >= 0.3 is 0 Å². The number of hydrogen-bond acceptors (Lipinski definition) is 8. The summed E-state index contributed by atoms with van der Waals surface area (Å²) in [6, 6.07) is 12.7. The summed E-state index contributed by atoms with van der Waals surface area (Å²) in [5.74, 6) is 0.920. The number of halogens is 1. The van der Waals surface area contributed by atoms with Crippen molar-refractivity contribution in [3.63, 3.8) is 0 Å². The van der Waals surface area contributed by atoms with Crippen LogP contribution < -0.4 is 15.8 Å². The molecule has 12 nitrogen and oxygen atoms in total. The monoisotopic (exact) mass is 684 g/mol. The molecule has 2 bridgehead atoms. The Labute approximate surface area is 289 Å². The maximum absolute atomic E-state index is 13.7. The van der Waals surface area contributed by atoms with Crippen LogP contribution in [0.25, 0.3) is 33.6 Å². The highest BCUT2D eigenvalue weighted by atomic mass is 35.5. The highest BCUT2D eigenvalue weighted by molar-refractivity contribution is 6.29. The van der Waals surface area contributed by atoms with Crippen molar-refractivity contribution in [2.45, 2.75) is 63.8 Å². The number of piperidine rings is 1. The van der Waals surface area contributed by atoms with Crippen molar-refractivity contribution >= 4 is 45.5 Å². The molecule has 1 aromatic carbocycles. The van der Waals surface area contributed by atoms with Crippen LogP contribution in [0.3, 0.4) is 0 Å². The van der Waals surface area contributed by atoms with Crippen LogP contribution in [0.4, 0.5) is 0 Å². The predicted molar refractivity (Wildman–Crippen MR) is 188 cm³/mol. The van der Waals surface area contributed by atoms with Gasteiger partial charge in [-0.15, -0.1) is 0 Å². The van der Waals surface area contributed by atoms with Crippen LogP contribution >= 0.6 is 11.6 Å². The standard InChI is InChI=1S/C36H41ClN8O4/c1-20-25-11-9-22-17-27(45(33(22)40-25)14-7-5-6-8-21-10-12-30(37)42-31(21)35(46)39-20)34-41-26-16-23(18-29(49-4)32(26)43(34)2)36(47)44-15-13-28(48-3)24(38)19-44/h9-12,16-18,20,24,28H,5-8,13-15,19,38H2,1-4H3,(H,39,46)/t20-,24+,28-/m1/s1. The molecule has 0 radical (unpaired) electrons. The average molecular weight is 685 g/mol. The SMILES string of the molecule is COc1cc(C(=O)N2CC[C@@H](OC)[C@@H](N)C2)cc2nc(-c3cc4ccc5nc4n3CCCCCc3ccc(Cl)nc3C(=O)N[C@@H]5C)n(C)c12. The number of fused-ring (bicyclic) bond motifs is 3. The third-order valence-corrected chi connectivity index (χ3v) is 10.1. The Balaban J connectivity index is 1.27. The molecule has 5 aromatic rings. The molecule has 13 heteroatoms. The number of methoxy groups -OCH3 is 2. The van der Waals surface area contributed by atoms with Gasteiger partial charge in [-0.2, -0.15) is 0 Å². The Hall–Kier alpha value is -4.52. The van der Waals surface area contributed by atoms with E-state index in [1.807, 2.05) is 42.8 Å². The zero-order valence-electron chi connectivity index (χ0n) is 28.2. The van der Waals surface area contributed by atoms with Gasteiger partial charge in [0.2, 0.25) is 0 Å². The Bertz CT molecular complexity index is 2070. The second-order valence-electron chi connectivity index (χ2n) is 13.0. The molecule has 2 aliphatic rings. The van der Waals surface area contributed by atoms with E-state index < -0.39 is 0 Å². The number of nitrogens with two attached hydrogens (primary N) is 1. The Kier molecular flexibility index (Phi) is 9.03. The molecule has 0 aliphatic carbocycles. The van der Waals surface area contributed by atoms with Crippen molar-refractivity contribution in [3.8, 4) is 17.3 Å². The minimum Gasteiger partial charge on any atom is -0.494 e.